The van der Waals surface area contributed by atoms with Gasteiger partial charge in [-0.05, 0) is 182 Å². The zero-order chi connectivity index (χ0) is 64.4. The predicted octanol–water partition coefficient (Wildman–Crippen LogP) is 20.6. The summed E-state index contributed by atoms with van der Waals surface area (Å²) >= 11 is 0. The molecule has 0 spiro atoms. The lowest BCUT2D eigenvalue weighted by atomic mass is 9.99. The predicted molar refractivity (Wildman–Crippen MR) is 371 cm³/mol. The van der Waals surface area contributed by atoms with Crippen molar-refractivity contribution in [3.63, 3.8) is 0 Å². The minimum absolute atomic E-state index is 0.119. The molecule has 0 fully saturated rings. The fraction of sp³-hybridized carbons (Fsp3) is 0.300. The Morgan fingerprint density at radius 3 is 0.826 bits per heavy atom. The van der Waals surface area contributed by atoms with Gasteiger partial charge in [-0.3, -0.25) is 0 Å². The molecule has 12 nitrogen and oxygen atoms in total. The van der Waals surface area contributed by atoms with Crippen LogP contribution in [0.2, 0.25) is 0 Å². The van der Waals surface area contributed by atoms with Crippen LogP contribution in [-0.2, 0) is 51.1 Å². The minimum atomic E-state index is -0.671. The Kier molecular flexibility index (Phi) is 25.2. The summed E-state index contributed by atoms with van der Waals surface area (Å²) in [6.45, 7) is 15.0. The molecular formula is C80H88N2O10. The monoisotopic (exact) mass is 1240 g/mol. The molecule has 0 aliphatic heterocycles. The molecule has 0 heterocycles. The molecule has 0 saturated heterocycles. The van der Waals surface area contributed by atoms with Crippen molar-refractivity contribution in [2.75, 3.05) is 62.7 Å². The van der Waals surface area contributed by atoms with E-state index in [4.69, 9.17) is 37.9 Å². The highest BCUT2D eigenvalue weighted by molar-refractivity contribution is 5.82. The molecule has 9 rings (SSSR count). The Bertz CT molecular complexity index is 3370. The van der Waals surface area contributed by atoms with E-state index in [1.54, 1.807) is 0 Å². The number of anilines is 6. The number of ether oxygens (including phenoxy) is 8. The molecule has 0 N–H and O–H groups in total. The van der Waals surface area contributed by atoms with Gasteiger partial charge in [0.25, 0.3) is 0 Å². The van der Waals surface area contributed by atoms with E-state index in [2.05, 4.69) is 242 Å². The number of hydrogen-bond acceptors (Lipinski definition) is 12. The Hall–Kier alpha value is -9.04. The second-order valence-electron chi connectivity index (χ2n) is 24.0. The molecule has 12 heteroatoms. The third-order valence-electron chi connectivity index (χ3n) is 15.8. The van der Waals surface area contributed by atoms with Gasteiger partial charge >= 0.3 is 12.3 Å². The first-order valence-corrected chi connectivity index (χ1v) is 32.3. The highest BCUT2D eigenvalue weighted by atomic mass is 16.7. The summed E-state index contributed by atoms with van der Waals surface area (Å²) in [7, 11) is 0. The van der Waals surface area contributed by atoms with Crippen molar-refractivity contribution in [1.29, 1.82) is 0 Å². The maximum atomic E-state index is 12.1. The largest absolute Gasteiger partial charge is 0.508 e. The van der Waals surface area contributed by atoms with Gasteiger partial charge < -0.3 is 47.7 Å². The Morgan fingerprint density at radius 2 is 0.543 bits per heavy atom. The van der Waals surface area contributed by atoms with Gasteiger partial charge in [-0.2, -0.15) is 0 Å². The second kappa shape index (κ2) is 34.4. The van der Waals surface area contributed by atoms with E-state index in [1.165, 1.54) is 11.1 Å². The summed E-state index contributed by atoms with van der Waals surface area (Å²) in [5, 5.41) is 0. The molecule has 0 aliphatic carbocycles. The molecule has 0 amide bonds. The van der Waals surface area contributed by atoms with Crippen molar-refractivity contribution in [1.82, 2.24) is 0 Å². The number of benzene rings is 9. The van der Waals surface area contributed by atoms with Crippen LogP contribution in [0, 0.1) is 0 Å². The number of carbonyl (C=O) groups is 2. The SMILES string of the molecule is CCCCC(C)(C)OC(=O)OCCOCCOCc1ccc(N(c2ccc(-c3ccccc3)cc2)c2ccc(-c3ccc(-c4ccc(N(c5ccc(COCCOCCOC(=O)OC(C)(C)CCCC)cc5)c5ccc(-c6ccccc6)cc5)cc4)cc3)cc2)cc1. The molecule has 0 bridgehead atoms. The number of hydrogen-bond donors (Lipinski definition) is 0. The van der Waals surface area contributed by atoms with Gasteiger partial charge in [0.2, 0.25) is 0 Å². The summed E-state index contributed by atoms with van der Waals surface area (Å²) in [5.74, 6) is 0. The topological polar surface area (TPSA) is 114 Å². The smallest absolute Gasteiger partial charge is 0.432 e. The van der Waals surface area contributed by atoms with Crippen molar-refractivity contribution in [2.45, 2.75) is 104 Å². The van der Waals surface area contributed by atoms with Gasteiger partial charge in [0.05, 0.1) is 52.9 Å². The molecule has 9 aromatic carbocycles. The first-order valence-electron chi connectivity index (χ1n) is 32.3. The summed E-state index contributed by atoms with van der Waals surface area (Å²) in [5.41, 5.74) is 16.3. The van der Waals surface area contributed by atoms with Gasteiger partial charge in [-0.15, -0.1) is 0 Å². The molecule has 0 aliphatic rings. The van der Waals surface area contributed by atoms with Crippen LogP contribution in [0.15, 0.2) is 231 Å². The molecule has 0 saturated carbocycles. The zero-order valence-corrected chi connectivity index (χ0v) is 54.2. The second-order valence-corrected chi connectivity index (χ2v) is 24.0. The van der Waals surface area contributed by atoms with E-state index >= 15 is 0 Å². The fourth-order valence-electron chi connectivity index (χ4n) is 10.7. The van der Waals surface area contributed by atoms with Crippen LogP contribution in [0.25, 0.3) is 44.5 Å². The maximum Gasteiger partial charge on any atom is 0.508 e. The number of rotatable bonds is 34. The number of carbonyl (C=O) groups excluding carboxylic acids is 2. The summed E-state index contributed by atoms with van der Waals surface area (Å²) in [6, 6.07) is 81.5. The molecule has 478 valence electrons. The highest BCUT2D eigenvalue weighted by Crippen LogP contribution is 2.40. The Labute approximate surface area is 544 Å². The van der Waals surface area contributed by atoms with E-state index in [0.717, 1.165) is 117 Å². The van der Waals surface area contributed by atoms with Crippen LogP contribution < -0.4 is 9.80 Å². The van der Waals surface area contributed by atoms with Gasteiger partial charge in [0.1, 0.15) is 24.4 Å². The van der Waals surface area contributed by atoms with Crippen LogP contribution in [-0.4, -0.2) is 76.4 Å². The van der Waals surface area contributed by atoms with Crippen molar-refractivity contribution in [2.24, 2.45) is 0 Å². The summed E-state index contributed by atoms with van der Waals surface area (Å²) in [4.78, 5) is 28.8. The molecule has 0 atom stereocenters. The molecule has 0 unspecified atom stereocenters. The van der Waals surface area contributed by atoms with Crippen LogP contribution in [0.1, 0.15) is 91.2 Å². The van der Waals surface area contributed by atoms with E-state index in [9.17, 15) is 9.59 Å². The average Bonchev–Trinajstić information content (AvgIpc) is 3.50. The van der Waals surface area contributed by atoms with Crippen LogP contribution >= 0.6 is 0 Å². The van der Waals surface area contributed by atoms with Crippen molar-refractivity contribution in [3.05, 3.63) is 242 Å². The van der Waals surface area contributed by atoms with E-state index in [1.807, 2.05) is 39.8 Å². The van der Waals surface area contributed by atoms with Crippen molar-refractivity contribution >= 4 is 46.4 Å². The maximum absolute atomic E-state index is 12.1. The molecule has 0 radical (unpaired) electrons. The van der Waals surface area contributed by atoms with Crippen LogP contribution in [0.5, 0.6) is 0 Å². The van der Waals surface area contributed by atoms with Gasteiger partial charge in [-0.1, -0.05) is 184 Å². The molecule has 92 heavy (non-hydrogen) atoms. The van der Waals surface area contributed by atoms with Crippen LogP contribution in [0.3, 0.4) is 0 Å². The van der Waals surface area contributed by atoms with E-state index in [0.29, 0.717) is 39.6 Å². The normalized spacial score (nSPS) is 11.5. The van der Waals surface area contributed by atoms with Crippen molar-refractivity contribution < 1.29 is 47.5 Å². The first-order chi connectivity index (χ1) is 44.8. The standard InChI is InChI=1S/C80H88N2O10/c1-7-9-49-79(3,4)91-77(83)89-57-55-85-51-53-87-59-61-21-37-71(38-22-61)81(73-41-29-67(30-42-73)63-17-13-11-14-18-63)75-45-33-69(34-46-75)65-25-27-66(28-26-65)70-35-47-76(48-36-70)82(74-43-31-68(32-44-74)64-19-15-12-16-20-64)72-39-23-62(24-40-72)60-88-54-52-86-56-58-90-78(84)92-80(5,6)50-10-8-2/h11-48H,7-10,49-60H2,1-6H3. The quantitative estimate of drug-likeness (QED) is 0.0283. The average molecular weight is 1240 g/mol. The molecular weight excluding hydrogens is 1150 g/mol. The molecule has 9 aromatic rings. The lowest BCUT2D eigenvalue weighted by Gasteiger charge is -2.26. The molecule has 0 aromatic heterocycles. The fourth-order valence-corrected chi connectivity index (χ4v) is 10.7. The van der Waals surface area contributed by atoms with Crippen molar-refractivity contribution in [3.8, 4) is 44.5 Å². The Balaban J connectivity index is 0.819. The number of nitrogens with zero attached hydrogens (tertiary/aromatic N) is 2. The summed E-state index contributed by atoms with van der Waals surface area (Å²) < 4.78 is 44.6. The van der Waals surface area contributed by atoms with Gasteiger partial charge in [0, 0.05) is 34.1 Å². The lowest BCUT2D eigenvalue weighted by Crippen LogP contribution is -2.29. The third kappa shape index (κ3) is 20.5. The lowest BCUT2D eigenvalue weighted by molar-refractivity contribution is -0.0350. The van der Waals surface area contributed by atoms with Gasteiger partial charge in [-0.25, -0.2) is 9.59 Å². The number of unbranched alkanes of at least 4 members (excludes halogenated alkanes) is 2. The third-order valence-corrected chi connectivity index (χ3v) is 15.8. The van der Waals surface area contributed by atoms with E-state index in [-0.39, 0.29) is 26.4 Å². The first kappa shape index (κ1) is 67.4. The highest BCUT2D eigenvalue weighted by Gasteiger charge is 2.25. The Morgan fingerprint density at radius 1 is 0.304 bits per heavy atom. The van der Waals surface area contributed by atoms with E-state index < -0.39 is 23.5 Å². The van der Waals surface area contributed by atoms with Gasteiger partial charge in [0.15, 0.2) is 0 Å². The zero-order valence-electron chi connectivity index (χ0n) is 54.2. The minimum Gasteiger partial charge on any atom is -0.432 e. The summed E-state index contributed by atoms with van der Waals surface area (Å²) in [6.07, 6.45) is 4.27. The van der Waals surface area contributed by atoms with Crippen LogP contribution in [0.4, 0.5) is 43.7 Å².